The Morgan fingerprint density at radius 1 is 1.32 bits per heavy atom. The molecule has 3 nitrogen and oxygen atoms in total. The molecule has 0 aliphatic carbocycles. The molecule has 19 heavy (non-hydrogen) atoms. The molecule has 0 saturated heterocycles. The van der Waals surface area contributed by atoms with Gasteiger partial charge in [-0.1, -0.05) is 6.07 Å². The molecule has 0 bridgehead atoms. The van der Waals surface area contributed by atoms with Gasteiger partial charge >= 0.3 is 0 Å². The van der Waals surface area contributed by atoms with E-state index in [1.54, 1.807) is 6.07 Å². The number of halogens is 2. The zero-order valence-electron chi connectivity index (χ0n) is 11.2. The molecule has 1 aromatic heterocycles. The summed E-state index contributed by atoms with van der Waals surface area (Å²) >= 11 is 0. The van der Waals surface area contributed by atoms with Crippen LogP contribution in [0.5, 0.6) is 0 Å². The summed E-state index contributed by atoms with van der Waals surface area (Å²) in [6.07, 6.45) is 1.82. The van der Waals surface area contributed by atoms with Crippen LogP contribution in [0.15, 0.2) is 24.4 Å². The van der Waals surface area contributed by atoms with Crippen molar-refractivity contribution in [3.8, 4) is 0 Å². The van der Waals surface area contributed by atoms with Crippen LogP contribution >= 0.6 is 0 Å². The third-order valence-electron chi connectivity index (χ3n) is 3.34. The molecule has 0 aliphatic heterocycles. The molecule has 1 aromatic carbocycles. The number of hydrogen-bond donors (Lipinski definition) is 1. The zero-order valence-corrected chi connectivity index (χ0v) is 11.2. The van der Waals surface area contributed by atoms with Gasteiger partial charge in [0.25, 0.3) is 0 Å². The summed E-state index contributed by atoms with van der Waals surface area (Å²) < 4.78 is 27.7. The molecule has 1 heterocycles. The minimum Gasteiger partial charge on any atom is -0.306 e. The van der Waals surface area contributed by atoms with Gasteiger partial charge in [-0.3, -0.25) is 4.68 Å². The SMILES string of the molecule is Cc1c(C(C)NCc2ccc(F)c(F)c2)cnn1C. The number of hydrogen-bond acceptors (Lipinski definition) is 2. The highest BCUT2D eigenvalue weighted by Gasteiger charge is 2.11. The maximum absolute atomic E-state index is 13.1. The quantitative estimate of drug-likeness (QED) is 0.921. The average molecular weight is 265 g/mol. The molecule has 2 rings (SSSR count). The number of aryl methyl sites for hydroxylation is 1. The summed E-state index contributed by atoms with van der Waals surface area (Å²) in [4.78, 5) is 0. The first-order valence-corrected chi connectivity index (χ1v) is 6.15. The van der Waals surface area contributed by atoms with Gasteiger partial charge in [0, 0.05) is 30.9 Å². The second kappa shape index (κ2) is 5.48. The first-order valence-electron chi connectivity index (χ1n) is 6.15. The molecule has 1 unspecified atom stereocenters. The van der Waals surface area contributed by atoms with Crippen LogP contribution in [0.1, 0.15) is 29.8 Å². The fourth-order valence-corrected chi connectivity index (χ4v) is 1.97. The molecule has 0 radical (unpaired) electrons. The van der Waals surface area contributed by atoms with Crippen molar-refractivity contribution in [1.29, 1.82) is 0 Å². The second-order valence-corrected chi connectivity index (χ2v) is 4.66. The van der Waals surface area contributed by atoms with Crippen molar-refractivity contribution < 1.29 is 8.78 Å². The fraction of sp³-hybridized carbons (Fsp3) is 0.357. The molecular formula is C14H17F2N3. The van der Waals surface area contributed by atoms with E-state index in [0.29, 0.717) is 12.1 Å². The van der Waals surface area contributed by atoms with E-state index in [1.807, 2.05) is 31.8 Å². The normalized spacial score (nSPS) is 12.7. The Hall–Kier alpha value is -1.75. The first kappa shape index (κ1) is 13.7. The maximum Gasteiger partial charge on any atom is 0.159 e. The van der Waals surface area contributed by atoms with Gasteiger partial charge in [-0.2, -0.15) is 5.10 Å². The van der Waals surface area contributed by atoms with Crippen LogP contribution < -0.4 is 5.32 Å². The minimum absolute atomic E-state index is 0.0989. The van der Waals surface area contributed by atoms with Crippen LogP contribution in [-0.2, 0) is 13.6 Å². The minimum atomic E-state index is -0.820. The van der Waals surface area contributed by atoms with Crippen molar-refractivity contribution in [2.24, 2.45) is 7.05 Å². The van der Waals surface area contributed by atoms with E-state index in [2.05, 4.69) is 10.4 Å². The summed E-state index contributed by atoms with van der Waals surface area (Å²) in [6.45, 7) is 4.49. The molecule has 5 heteroatoms. The standard InChI is InChI=1S/C14H17F2N3/c1-9(12-8-18-19(3)10(12)2)17-7-11-4-5-13(15)14(16)6-11/h4-6,8-9,17H,7H2,1-3H3. The van der Waals surface area contributed by atoms with Gasteiger partial charge in [0.2, 0.25) is 0 Å². The molecular weight excluding hydrogens is 248 g/mol. The third-order valence-corrected chi connectivity index (χ3v) is 3.34. The van der Waals surface area contributed by atoms with E-state index in [9.17, 15) is 8.78 Å². The zero-order chi connectivity index (χ0) is 14.0. The van der Waals surface area contributed by atoms with Crippen LogP contribution in [0.2, 0.25) is 0 Å². The Labute approximate surface area is 111 Å². The lowest BCUT2D eigenvalue weighted by Gasteiger charge is -2.13. The highest BCUT2D eigenvalue weighted by molar-refractivity contribution is 5.21. The van der Waals surface area contributed by atoms with E-state index < -0.39 is 11.6 Å². The second-order valence-electron chi connectivity index (χ2n) is 4.66. The van der Waals surface area contributed by atoms with Crippen LogP contribution in [0.25, 0.3) is 0 Å². The molecule has 0 saturated carbocycles. The van der Waals surface area contributed by atoms with Crippen molar-refractivity contribution in [2.75, 3.05) is 0 Å². The van der Waals surface area contributed by atoms with Crippen LogP contribution in [-0.4, -0.2) is 9.78 Å². The number of aromatic nitrogens is 2. The molecule has 0 fully saturated rings. The van der Waals surface area contributed by atoms with E-state index in [1.165, 1.54) is 6.07 Å². The van der Waals surface area contributed by atoms with E-state index >= 15 is 0 Å². The molecule has 0 aliphatic rings. The Balaban J connectivity index is 2.02. The topological polar surface area (TPSA) is 29.9 Å². The highest BCUT2D eigenvalue weighted by Crippen LogP contribution is 2.17. The molecule has 0 spiro atoms. The van der Waals surface area contributed by atoms with Crippen molar-refractivity contribution in [3.63, 3.8) is 0 Å². The summed E-state index contributed by atoms with van der Waals surface area (Å²) in [6, 6.07) is 4.04. The lowest BCUT2D eigenvalue weighted by Crippen LogP contribution is -2.18. The molecule has 1 atom stereocenters. The smallest absolute Gasteiger partial charge is 0.159 e. The van der Waals surface area contributed by atoms with Crippen LogP contribution in [0.4, 0.5) is 8.78 Å². The van der Waals surface area contributed by atoms with Gasteiger partial charge in [0.15, 0.2) is 11.6 Å². The molecule has 2 aromatic rings. The maximum atomic E-state index is 13.1. The summed E-state index contributed by atoms with van der Waals surface area (Å²) in [5.74, 6) is -1.63. The van der Waals surface area contributed by atoms with Gasteiger partial charge < -0.3 is 5.32 Å². The van der Waals surface area contributed by atoms with Gasteiger partial charge in [-0.15, -0.1) is 0 Å². The van der Waals surface area contributed by atoms with Crippen LogP contribution in [0, 0.1) is 18.6 Å². The van der Waals surface area contributed by atoms with Crippen molar-refractivity contribution in [2.45, 2.75) is 26.4 Å². The number of rotatable bonds is 4. The van der Waals surface area contributed by atoms with Gasteiger partial charge in [0.1, 0.15) is 0 Å². The van der Waals surface area contributed by atoms with E-state index in [4.69, 9.17) is 0 Å². The fourth-order valence-electron chi connectivity index (χ4n) is 1.97. The molecule has 1 N–H and O–H groups in total. The van der Waals surface area contributed by atoms with Gasteiger partial charge in [0.05, 0.1) is 6.20 Å². The van der Waals surface area contributed by atoms with E-state index in [0.717, 1.165) is 17.3 Å². The molecule has 0 amide bonds. The third kappa shape index (κ3) is 2.98. The predicted molar refractivity (Wildman–Crippen MR) is 69.6 cm³/mol. The molecule has 102 valence electrons. The lowest BCUT2D eigenvalue weighted by molar-refractivity contribution is 0.503. The van der Waals surface area contributed by atoms with Gasteiger partial charge in [-0.25, -0.2) is 8.78 Å². The number of nitrogens with zero attached hydrogens (tertiary/aromatic N) is 2. The average Bonchev–Trinajstić information content (AvgIpc) is 2.71. The Morgan fingerprint density at radius 3 is 2.63 bits per heavy atom. The first-order chi connectivity index (χ1) is 8.99. The van der Waals surface area contributed by atoms with E-state index in [-0.39, 0.29) is 6.04 Å². The summed E-state index contributed by atoms with van der Waals surface area (Å²) in [5, 5.41) is 7.46. The Morgan fingerprint density at radius 2 is 2.05 bits per heavy atom. The van der Waals surface area contributed by atoms with Gasteiger partial charge in [-0.05, 0) is 31.5 Å². The van der Waals surface area contributed by atoms with Crippen molar-refractivity contribution in [3.05, 3.63) is 52.9 Å². The number of nitrogens with one attached hydrogen (secondary N) is 1. The number of benzene rings is 1. The van der Waals surface area contributed by atoms with Crippen molar-refractivity contribution >= 4 is 0 Å². The summed E-state index contributed by atoms with van der Waals surface area (Å²) in [7, 11) is 1.89. The lowest BCUT2D eigenvalue weighted by atomic mass is 10.1. The Kier molecular flexibility index (Phi) is 3.95. The summed E-state index contributed by atoms with van der Waals surface area (Å²) in [5.41, 5.74) is 2.91. The highest BCUT2D eigenvalue weighted by atomic mass is 19.2. The Bertz CT molecular complexity index is 578. The van der Waals surface area contributed by atoms with Crippen LogP contribution in [0.3, 0.4) is 0 Å². The largest absolute Gasteiger partial charge is 0.306 e. The predicted octanol–water partition coefficient (Wildman–Crippen LogP) is 2.86. The van der Waals surface area contributed by atoms with Crippen molar-refractivity contribution in [1.82, 2.24) is 15.1 Å². The monoisotopic (exact) mass is 265 g/mol.